The molecule has 1 aromatic carbocycles. The van der Waals surface area contributed by atoms with Crippen molar-refractivity contribution in [2.75, 3.05) is 7.05 Å². The predicted octanol–water partition coefficient (Wildman–Crippen LogP) is 2.21. The van der Waals surface area contributed by atoms with Crippen molar-refractivity contribution in [3.63, 3.8) is 0 Å². The van der Waals surface area contributed by atoms with Crippen LogP contribution in [0.3, 0.4) is 0 Å². The fraction of sp³-hybridized carbons (Fsp3) is 0.333. The molecule has 1 heterocycles. The molecule has 0 fully saturated rings. The van der Waals surface area contributed by atoms with E-state index in [0.717, 1.165) is 5.56 Å². The Balaban J connectivity index is 2.41. The molecule has 0 saturated heterocycles. The number of nitrogens with zero attached hydrogens (tertiary/aromatic N) is 1. The number of sulfonamides is 1. The maximum atomic E-state index is 12.7. The molecular formula is C15H19NO4S. The van der Waals surface area contributed by atoms with E-state index in [4.69, 9.17) is 4.42 Å². The average molecular weight is 309 g/mol. The van der Waals surface area contributed by atoms with E-state index in [9.17, 15) is 13.5 Å². The van der Waals surface area contributed by atoms with E-state index in [1.165, 1.54) is 23.7 Å². The number of aliphatic hydroxyl groups is 1. The van der Waals surface area contributed by atoms with E-state index in [2.05, 4.69) is 0 Å². The third-order valence-electron chi connectivity index (χ3n) is 3.51. The molecule has 6 heteroatoms. The lowest BCUT2D eigenvalue weighted by molar-refractivity contribution is 0.281. The van der Waals surface area contributed by atoms with Crippen molar-refractivity contribution in [1.29, 1.82) is 0 Å². The smallest absolute Gasteiger partial charge is 0.243 e. The minimum absolute atomic E-state index is 0.164. The van der Waals surface area contributed by atoms with Gasteiger partial charge in [-0.05, 0) is 48.7 Å². The summed E-state index contributed by atoms with van der Waals surface area (Å²) in [4.78, 5) is 0.223. The maximum Gasteiger partial charge on any atom is 0.243 e. The third kappa shape index (κ3) is 3.18. The normalized spacial score (nSPS) is 12.0. The molecule has 0 atom stereocenters. The van der Waals surface area contributed by atoms with Crippen LogP contribution in [0.2, 0.25) is 0 Å². The Morgan fingerprint density at radius 3 is 2.57 bits per heavy atom. The van der Waals surface area contributed by atoms with Gasteiger partial charge in [0.1, 0.15) is 5.76 Å². The van der Waals surface area contributed by atoms with E-state index in [1.54, 1.807) is 25.1 Å². The topological polar surface area (TPSA) is 70.8 Å². The van der Waals surface area contributed by atoms with Crippen LogP contribution in [0.15, 0.2) is 39.8 Å². The van der Waals surface area contributed by atoms with Gasteiger partial charge in [0.2, 0.25) is 10.0 Å². The number of benzene rings is 1. The highest BCUT2D eigenvalue weighted by atomic mass is 32.2. The second-order valence-corrected chi connectivity index (χ2v) is 7.05. The molecule has 0 amide bonds. The highest BCUT2D eigenvalue weighted by Gasteiger charge is 2.24. The Hall–Kier alpha value is -1.63. The monoisotopic (exact) mass is 309 g/mol. The molecule has 5 nitrogen and oxygen atoms in total. The molecule has 1 aromatic heterocycles. The zero-order chi connectivity index (χ0) is 15.6. The van der Waals surface area contributed by atoms with Gasteiger partial charge in [-0.3, -0.25) is 0 Å². The Bertz CT molecular complexity index is 720. The summed E-state index contributed by atoms with van der Waals surface area (Å²) >= 11 is 0. The molecule has 1 N–H and O–H groups in total. The van der Waals surface area contributed by atoms with Gasteiger partial charge in [0.25, 0.3) is 0 Å². The molecule has 0 spiro atoms. The quantitative estimate of drug-likeness (QED) is 0.919. The lowest BCUT2D eigenvalue weighted by Gasteiger charge is -2.19. The molecule has 2 aromatic rings. The van der Waals surface area contributed by atoms with Gasteiger partial charge in [-0.1, -0.05) is 6.07 Å². The first-order valence-corrected chi connectivity index (χ1v) is 8.00. The van der Waals surface area contributed by atoms with Gasteiger partial charge in [-0.2, -0.15) is 4.31 Å². The summed E-state index contributed by atoms with van der Waals surface area (Å²) in [5.74, 6) is 0.578. The zero-order valence-corrected chi connectivity index (χ0v) is 13.1. The highest BCUT2D eigenvalue weighted by Crippen LogP contribution is 2.25. The predicted molar refractivity (Wildman–Crippen MR) is 79.2 cm³/mol. The van der Waals surface area contributed by atoms with Crippen LogP contribution < -0.4 is 0 Å². The zero-order valence-electron chi connectivity index (χ0n) is 12.3. The second kappa shape index (κ2) is 6.01. The largest absolute Gasteiger partial charge is 0.468 e. The summed E-state index contributed by atoms with van der Waals surface area (Å²) in [6.45, 7) is 3.58. The average Bonchev–Trinajstić information content (AvgIpc) is 2.94. The van der Waals surface area contributed by atoms with E-state index >= 15 is 0 Å². The van der Waals surface area contributed by atoms with Crippen molar-refractivity contribution in [1.82, 2.24) is 4.31 Å². The molecule has 0 radical (unpaired) electrons. The summed E-state index contributed by atoms with van der Waals surface area (Å²) in [6.07, 6.45) is 1.51. The van der Waals surface area contributed by atoms with Crippen LogP contribution in [-0.4, -0.2) is 24.9 Å². The van der Waals surface area contributed by atoms with Gasteiger partial charge in [-0.15, -0.1) is 0 Å². The molecule has 21 heavy (non-hydrogen) atoms. The molecule has 0 aliphatic rings. The number of rotatable bonds is 5. The molecule has 0 bridgehead atoms. The maximum absolute atomic E-state index is 12.7. The van der Waals surface area contributed by atoms with Crippen LogP contribution >= 0.6 is 0 Å². The summed E-state index contributed by atoms with van der Waals surface area (Å²) < 4.78 is 31.8. The van der Waals surface area contributed by atoms with Crippen LogP contribution in [-0.2, 0) is 23.2 Å². The first-order valence-electron chi connectivity index (χ1n) is 6.56. The van der Waals surface area contributed by atoms with Crippen LogP contribution in [0.1, 0.15) is 22.5 Å². The molecule has 0 aliphatic carbocycles. The van der Waals surface area contributed by atoms with Crippen molar-refractivity contribution in [2.45, 2.75) is 31.9 Å². The van der Waals surface area contributed by atoms with Crippen LogP contribution in [0.5, 0.6) is 0 Å². The van der Waals surface area contributed by atoms with Gasteiger partial charge < -0.3 is 9.52 Å². The number of hydrogen-bond acceptors (Lipinski definition) is 4. The minimum atomic E-state index is -3.64. The standard InChI is InChI=1S/C15H19NO4S/c1-11-7-13(10-17)8-15(12(11)2)21(18,19)16(3)9-14-5-4-6-20-14/h4-8,17H,9-10H2,1-3H3. The van der Waals surface area contributed by atoms with Crippen LogP contribution in [0.4, 0.5) is 0 Å². The fourth-order valence-corrected chi connectivity index (χ4v) is 3.61. The van der Waals surface area contributed by atoms with Crippen molar-refractivity contribution in [3.8, 4) is 0 Å². The third-order valence-corrected chi connectivity index (χ3v) is 5.44. The lowest BCUT2D eigenvalue weighted by Crippen LogP contribution is -2.27. The number of furan rings is 1. The Labute approximate surface area is 124 Å². The number of aliphatic hydroxyl groups excluding tert-OH is 1. The van der Waals surface area contributed by atoms with Gasteiger partial charge >= 0.3 is 0 Å². The highest BCUT2D eigenvalue weighted by molar-refractivity contribution is 7.89. The number of hydrogen-bond donors (Lipinski definition) is 1. The summed E-state index contributed by atoms with van der Waals surface area (Å²) in [5.41, 5.74) is 2.12. The lowest BCUT2D eigenvalue weighted by atomic mass is 10.1. The Morgan fingerprint density at radius 2 is 2.00 bits per heavy atom. The first-order chi connectivity index (χ1) is 9.86. The number of aryl methyl sites for hydroxylation is 1. The fourth-order valence-electron chi connectivity index (χ4n) is 2.13. The Morgan fingerprint density at radius 1 is 1.29 bits per heavy atom. The van der Waals surface area contributed by atoms with E-state index in [-0.39, 0.29) is 18.0 Å². The molecule has 0 saturated carbocycles. The summed E-state index contributed by atoms with van der Waals surface area (Å²) in [7, 11) is -2.13. The van der Waals surface area contributed by atoms with Gasteiger partial charge in [0.05, 0.1) is 24.3 Å². The molecule has 0 aliphatic heterocycles. The molecular weight excluding hydrogens is 290 g/mol. The van der Waals surface area contributed by atoms with Crippen LogP contribution in [0, 0.1) is 13.8 Å². The van der Waals surface area contributed by atoms with Crippen molar-refractivity contribution < 1.29 is 17.9 Å². The van der Waals surface area contributed by atoms with Crippen molar-refractivity contribution in [3.05, 3.63) is 53.0 Å². The van der Waals surface area contributed by atoms with Crippen molar-refractivity contribution >= 4 is 10.0 Å². The Kier molecular flexibility index (Phi) is 4.51. The van der Waals surface area contributed by atoms with E-state index in [1.807, 2.05) is 6.92 Å². The van der Waals surface area contributed by atoms with E-state index in [0.29, 0.717) is 16.9 Å². The SMILES string of the molecule is Cc1cc(CO)cc(S(=O)(=O)N(C)Cc2ccco2)c1C. The molecule has 0 unspecified atom stereocenters. The van der Waals surface area contributed by atoms with Gasteiger partial charge in [-0.25, -0.2) is 8.42 Å². The molecule has 114 valence electrons. The first kappa shape index (κ1) is 15.8. The van der Waals surface area contributed by atoms with Gasteiger partial charge in [0.15, 0.2) is 0 Å². The van der Waals surface area contributed by atoms with Gasteiger partial charge in [0, 0.05) is 7.05 Å². The summed E-state index contributed by atoms with van der Waals surface area (Å²) in [6, 6.07) is 6.77. The molecule has 2 rings (SSSR count). The van der Waals surface area contributed by atoms with Crippen molar-refractivity contribution in [2.24, 2.45) is 0 Å². The summed E-state index contributed by atoms with van der Waals surface area (Å²) in [5, 5.41) is 9.27. The second-order valence-electron chi connectivity index (χ2n) is 5.03. The minimum Gasteiger partial charge on any atom is -0.468 e. The van der Waals surface area contributed by atoms with Crippen LogP contribution in [0.25, 0.3) is 0 Å². The van der Waals surface area contributed by atoms with E-state index < -0.39 is 10.0 Å².